The minimum absolute atomic E-state index is 0.0155. The first-order valence-electron chi connectivity index (χ1n) is 10.8. The molecule has 1 aromatic heterocycles. The Hall–Kier alpha value is -3.27. The van der Waals surface area contributed by atoms with E-state index >= 15 is 0 Å². The molecule has 10 heteroatoms. The number of halogens is 1. The van der Waals surface area contributed by atoms with Crippen LogP contribution in [0.25, 0.3) is 0 Å². The van der Waals surface area contributed by atoms with E-state index in [2.05, 4.69) is 38.6 Å². The van der Waals surface area contributed by atoms with Gasteiger partial charge in [-0.05, 0) is 55.2 Å². The van der Waals surface area contributed by atoms with Crippen molar-refractivity contribution in [1.29, 1.82) is 0 Å². The highest BCUT2D eigenvalue weighted by Gasteiger charge is 2.20. The van der Waals surface area contributed by atoms with Crippen molar-refractivity contribution in [2.45, 2.75) is 30.6 Å². The summed E-state index contributed by atoms with van der Waals surface area (Å²) in [7, 11) is -3.63. The van der Waals surface area contributed by atoms with Crippen LogP contribution in [0.1, 0.15) is 34.9 Å². The molecule has 0 aliphatic carbocycles. The summed E-state index contributed by atoms with van der Waals surface area (Å²) < 4.78 is 42.7. The zero-order valence-corrected chi connectivity index (χ0v) is 18.9. The number of carbonyl (C=O) groups excluding carboxylic acids is 1. The summed E-state index contributed by atoms with van der Waals surface area (Å²) in [6, 6.07) is 13.0. The number of hydrogen-bond donors (Lipinski definition) is 1. The molecule has 0 spiro atoms. The molecular formula is C23H25FN4O4S. The minimum atomic E-state index is -3.63. The third-order valence-electron chi connectivity index (χ3n) is 5.53. The quantitative estimate of drug-likeness (QED) is 0.377. The van der Waals surface area contributed by atoms with Crippen LogP contribution in [0.2, 0.25) is 0 Å². The molecule has 1 amide bonds. The molecule has 1 aliphatic heterocycles. The Morgan fingerprint density at radius 3 is 2.76 bits per heavy atom. The molecule has 174 valence electrons. The number of para-hydroxylation sites is 1. The average molecular weight is 473 g/mol. The number of rotatable bonds is 9. The number of carbonyl (C=O) groups is 1. The number of amides is 1. The molecule has 2 heterocycles. The maximum absolute atomic E-state index is 13.0. The summed E-state index contributed by atoms with van der Waals surface area (Å²) in [5.74, 6) is -1.36. The Morgan fingerprint density at radius 2 is 1.94 bits per heavy atom. The maximum atomic E-state index is 13.0. The molecule has 4 rings (SSSR count). The summed E-state index contributed by atoms with van der Waals surface area (Å²) in [6.45, 7) is 2.28. The number of sulfone groups is 1. The lowest BCUT2D eigenvalue weighted by atomic mass is 10.0. The van der Waals surface area contributed by atoms with E-state index in [1.165, 1.54) is 23.4 Å². The molecule has 0 saturated carbocycles. The zero-order valence-electron chi connectivity index (χ0n) is 18.0. The molecule has 0 unspecified atom stereocenters. The minimum Gasteiger partial charge on any atom is -0.371 e. The van der Waals surface area contributed by atoms with Crippen LogP contribution in [0.5, 0.6) is 0 Å². The van der Waals surface area contributed by atoms with Crippen molar-refractivity contribution in [2.24, 2.45) is 0 Å². The number of nitrogens with zero attached hydrogens (tertiary/aromatic N) is 3. The van der Waals surface area contributed by atoms with Crippen molar-refractivity contribution in [2.75, 3.05) is 30.3 Å². The fourth-order valence-electron chi connectivity index (χ4n) is 3.82. The van der Waals surface area contributed by atoms with Gasteiger partial charge >= 0.3 is 11.8 Å². The maximum Gasteiger partial charge on any atom is 0.315 e. The van der Waals surface area contributed by atoms with Crippen LogP contribution >= 0.6 is 0 Å². The van der Waals surface area contributed by atoms with E-state index in [0.29, 0.717) is 6.54 Å². The van der Waals surface area contributed by atoms with Gasteiger partial charge in [0.25, 0.3) is 0 Å². The predicted molar refractivity (Wildman–Crippen MR) is 120 cm³/mol. The lowest BCUT2D eigenvalue weighted by molar-refractivity contribution is 0.0909. The van der Waals surface area contributed by atoms with Gasteiger partial charge in [0.05, 0.1) is 10.6 Å². The van der Waals surface area contributed by atoms with Crippen molar-refractivity contribution < 1.29 is 22.1 Å². The lowest BCUT2D eigenvalue weighted by Gasteiger charge is -2.31. The molecule has 0 radical (unpaired) electrons. The van der Waals surface area contributed by atoms with Gasteiger partial charge in [-0.2, -0.15) is 4.98 Å². The van der Waals surface area contributed by atoms with Crippen molar-refractivity contribution in [3.05, 3.63) is 71.6 Å². The highest BCUT2D eigenvalue weighted by Crippen LogP contribution is 2.26. The summed E-state index contributed by atoms with van der Waals surface area (Å²) in [4.78, 5) is 18.6. The van der Waals surface area contributed by atoms with Gasteiger partial charge in [0.2, 0.25) is 0 Å². The fourth-order valence-corrected chi connectivity index (χ4v) is 5.06. The van der Waals surface area contributed by atoms with E-state index in [1.807, 2.05) is 6.07 Å². The molecule has 0 saturated heterocycles. The van der Waals surface area contributed by atoms with Crippen molar-refractivity contribution >= 4 is 21.4 Å². The Morgan fingerprint density at radius 1 is 1.15 bits per heavy atom. The molecule has 8 nitrogen and oxygen atoms in total. The summed E-state index contributed by atoms with van der Waals surface area (Å²) in [5.41, 5.74) is 2.61. The van der Waals surface area contributed by atoms with Crippen LogP contribution in [0.4, 0.5) is 10.1 Å². The van der Waals surface area contributed by atoms with E-state index < -0.39 is 21.6 Å². The van der Waals surface area contributed by atoms with Gasteiger partial charge in [0, 0.05) is 31.7 Å². The monoisotopic (exact) mass is 472 g/mol. The molecule has 1 aliphatic rings. The molecule has 0 fully saturated rings. The van der Waals surface area contributed by atoms with Crippen LogP contribution in [0, 0.1) is 5.82 Å². The Balaban J connectivity index is 1.23. The molecule has 1 N–H and O–H groups in total. The van der Waals surface area contributed by atoms with E-state index in [4.69, 9.17) is 4.52 Å². The van der Waals surface area contributed by atoms with Gasteiger partial charge < -0.3 is 14.7 Å². The second-order valence-electron chi connectivity index (χ2n) is 7.87. The van der Waals surface area contributed by atoms with Crippen LogP contribution in [-0.2, 0) is 22.7 Å². The Labute approximate surface area is 191 Å². The van der Waals surface area contributed by atoms with Crippen molar-refractivity contribution in [1.82, 2.24) is 15.5 Å². The van der Waals surface area contributed by atoms with Crippen molar-refractivity contribution in [3.8, 4) is 0 Å². The second kappa shape index (κ2) is 10.1. The molecule has 33 heavy (non-hydrogen) atoms. The fraction of sp³-hybridized carbons (Fsp3) is 0.348. The number of anilines is 1. The average Bonchev–Trinajstić information content (AvgIpc) is 3.30. The number of benzene rings is 2. The number of hydrogen-bond acceptors (Lipinski definition) is 7. The van der Waals surface area contributed by atoms with Gasteiger partial charge in [0.1, 0.15) is 5.82 Å². The number of fused-ring (bicyclic) bond motifs is 1. The zero-order chi connectivity index (χ0) is 23.3. The molecule has 0 bridgehead atoms. The number of aromatic nitrogens is 2. The van der Waals surface area contributed by atoms with Crippen LogP contribution in [-0.4, -0.2) is 49.9 Å². The molecule has 3 aromatic rings. The van der Waals surface area contributed by atoms with E-state index in [0.717, 1.165) is 44.5 Å². The van der Waals surface area contributed by atoms with Gasteiger partial charge in [-0.3, -0.25) is 4.79 Å². The SMILES string of the molecule is O=C(NCCCN1CCCc2ccccc21)c1nc(CCS(=O)(=O)c2ccc(F)cc2)no1. The smallest absolute Gasteiger partial charge is 0.315 e. The Kier molecular flexibility index (Phi) is 7.02. The summed E-state index contributed by atoms with van der Waals surface area (Å²) in [5, 5.41) is 6.46. The highest BCUT2D eigenvalue weighted by molar-refractivity contribution is 7.91. The third-order valence-corrected chi connectivity index (χ3v) is 7.26. The van der Waals surface area contributed by atoms with E-state index in [-0.39, 0.29) is 28.8 Å². The topological polar surface area (TPSA) is 105 Å². The Bertz CT molecular complexity index is 1210. The van der Waals surface area contributed by atoms with Gasteiger partial charge in [-0.15, -0.1) is 0 Å². The van der Waals surface area contributed by atoms with E-state index in [1.54, 1.807) is 0 Å². The van der Waals surface area contributed by atoms with Crippen LogP contribution in [0.3, 0.4) is 0 Å². The van der Waals surface area contributed by atoms with Gasteiger partial charge in [0.15, 0.2) is 15.7 Å². The predicted octanol–water partition coefficient (Wildman–Crippen LogP) is 2.80. The lowest BCUT2D eigenvalue weighted by Crippen LogP contribution is -2.33. The van der Waals surface area contributed by atoms with Gasteiger partial charge in [-0.25, -0.2) is 12.8 Å². The standard InChI is InChI=1S/C23H25FN4O4S/c24-18-8-10-19(11-9-18)33(30,31)16-12-21-26-23(32-27-21)22(29)25-13-4-15-28-14-3-6-17-5-1-2-7-20(17)28/h1-2,5,7-11H,3-4,6,12-16H2,(H,25,29). The van der Waals surface area contributed by atoms with E-state index in [9.17, 15) is 17.6 Å². The van der Waals surface area contributed by atoms with Crippen LogP contribution in [0.15, 0.2) is 57.9 Å². The second-order valence-corrected chi connectivity index (χ2v) is 9.98. The number of nitrogens with one attached hydrogen (secondary N) is 1. The first-order valence-corrected chi connectivity index (χ1v) is 12.5. The normalized spacial score (nSPS) is 13.5. The molecule has 2 aromatic carbocycles. The van der Waals surface area contributed by atoms with Crippen LogP contribution < -0.4 is 10.2 Å². The molecular weight excluding hydrogens is 447 g/mol. The molecule has 0 atom stereocenters. The van der Waals surface area contributed by atoms with Gasteiger partial charge in [-0.1, -0.05) is 23.4 Å². The summed E-state index contributed by atoms with van der Waals surface area (Å²) >= 11 is 0. The number of aryl methyl sites for hydroxylation is 2. The highest BCUT2D eigenvalue weighted by atomic mass is 32.2. The summed E-state index contributed by atoms with van der Waals surface area (Å²) in [6.07, 6.45) is 2.95. The third kappa shape index (κ3) is 5.75. The first kappa shape index (κ1) is 22.9. The first-order chi connectivity index (χ1) is 15.9. The van der Waals surface area contributed by atoms with Crippen molar-refractivity contribution in [3.63, 3.8) is 0 Å². The largest absolute Gasteiger partial charge is 0.371 e.